The van der Waals surface area contributed by atoms with Crippen molar-refractivity contribution in [3.8, 4) is 23.0 Å². The molecule has 3 rings (SSSR count). The van der Waals surface area contributed by atoms with E-state index in [0.29, 0.717) is 28.5 Å². The first-order valence-corrected chi connectivity index (χ1v) is 8.06. The van der Waals surface area contributed by atoms with E-state index in [1.54, 1.807) is 37.4 Å². The summed E-state index contributed by atoms with van der Waals surface area (Å²) in [4.78, 5) is 12.6. The van der Waals surface area contributed by atoms with Crippen molar-refractivity contribution in [1.82, 2.24) is 0 Å². The van der Waals surface area contributed by atoms with Gasteiger partial charge in [0, 0.05) is 17.8 Å². The number of anilines is 1. The van der Waals surface area contributed by atoms with Gasteiger partial charge in [0.2, 0.25) is 0 Å². The molecule has 0 radical (unpaired) electrons. The SMILES string of the molecule is COc1ccc(C(=O)Nc2cccc(Oc3ccccc3)c2)c(OC)c1. The lowest BCUT2D eigenvalue weighted by atomic mass is 10.1. The van der Waals surface area contributed by atoms with Crippen LogP contribution < -0.4 is 19.5 Å². The zero-order valence-electron chi connectivity index (χ0n) is 14.6. The third kappa shape index (κ3) is 4.13. The number of benzene rings is 3. The Morgan fingerprint density at radius 2 is 1.54 bits per heavy atom. The monoisotopic (exact) mass is 349 g/mol. The highest BCUT2D eigenvalue weighted by atomic mass is 16.5. The second-order valence-corrected chi connectivity index (χ2v) is 5.46. The Bertz CT molecular complexity index is 894. The van der Waals surface area contributed by atoms with Gasteiger partial charge in [0.05, 0.1) is 19.8 Å². The highest BCUT2D eigenvalue weighted by molar-refractivity contribution is 6.06. The van der Waals surface area contributed by atoms with E-state index in [9.17, 15) is 4.79 Å². The number of hydrogen-bond acceptors (Lipinski definition) is 4. The maximum absolute atomic E-state index is 12.6. The molecule has 132 valence electrons. The van der Waals surface area contributed by atoms with Crippen molar-refractivity contribution in [2.24, 2.45) is 0 Å². The minimum atomic E-state index is -0.277. The van der Waals surface area contributed by atoms with Crippen molar-refractivity contribution in [2.75, 3.05) is 19.5 Å². The highest BCUT2D eigenvalue weighted by Gasteiger charge is 2.14. The van der Waals surface area contributed by atoms with Crippen LogP contribution in [0.3, 0.4) is 0 Å². The van der Waals surface area contributed by atoms with Crippen LogP contribution in [0.4, 0.5) is 5.69 Å². The van der Waals surface area contributed by atoms with E-state index in [0.717, 1.165) is 5.75 Å². The normalized spacial score (nSPS) is 10.1. The molecule has 5 nitrogen and oxygen atoms in total. The van der Waals surface area contributed by atoms with Gasteiger partial charge in [0.15, 0.2) is 0 Å². The summed E-state index contributed by atoms with van der Waals surface area (Å²) in [5, 5.41) is 2.86. The van der Waals surface area contributed by atoms with Crippen molar-refractivity contribution in [1.29, 1.82) is 0 Å². The summed E-state index contributed by atoms with van der Waals surface area (Å²) >= 11 is 0. The van der Waals surface area contributed by atoms with Crippen LogP contribution in [-0.4, -0.2) is 20.1 Å². The van der Waals surface area contributed by atoms with Gasteiger partial charge in [-0.1, -0.05) is 24.3 Å². The van der Waals surface area contributed by atoms with Crippen LogP contribution in [0.25, 0.3) is 0 Å². The molecule has 3 aromatic carbocycles. The minimum absolute atomic E-state index is 0.277. The highest BCUT2D eigenvalue weighted by Crippen LogP contribution is 2.27. The molecule has 0 heterocycles. The van der Waals surface area contributed by atoms with Gasteiger partial charge < -0.3 is 19.5 Å². The fourth-order valence-corrected chi connectivity index (χ4v) is 2.45. The molecule has 1 amide bonds. The number of methoxy groups -OCH3 is 2. The minimum Gasteiger partial charge on any atom is -0.497 e. The predicted octanol–water partition coefficient (Wildman–Crippen LogP) is 4.75. The molecule has 0 saturated carbocycles. The average molecular weight is 349 g/mol. The first-order valence-electron chi connectivity index (χ1n) is 8.06. The first kappa shape index (κ1) is 17.4. The Morgan fingerprint density at radius 1 is 0.769 bits per heavy atom. The van der Waals surface area contributed by atoms with Crippen LogP contribution >= 0.6 is 0 Å². The third-order valence-electron chi connectivity index (χ3n) is 3.72. The van der Waals surface area contributed by atoms with E-state index in [4.69, 9.17) is 14.2 Å². The van der Waals surface area contributed by atoms with Crippen molar-refractivity contribution in [3.63, 3.8) is 0 Å². The van der Waals surface area contributed by atoms with Crippen molar-refractivity contribution in [2.45, 2.75) is 0 Å². The molecule has 0 spiro atoms. The molecule has 0 fully saturated rings. The largest absolute Gasteiger partial charge is 0.497 e. The van der Waals surface area contributed by atoms with Gasteiger partial charge in [0.25, 0.3) is 5.91 Å². The molecule has 26 heavy (non-hydrogen) atoms. The molecule has 1 N–H and O–H groups in total. The van der Waals surface area contributed by atoms with Crippen LogP contribution in [0.1, 0.15) is 10.4 Å². The Kier molecular flexibility index (Phi) is 5.39. The van der Waals surface area contributed by atoms with Gasteiger partial charge in [-0.2, -0.15) is 0 Å². The van der Waals surface area contributed by atoms with Gasteiger partial charge in [-0.15, -0.1) is 0 Å². The smallest absolute Gasteiger partial charge is 0.259 e. The summed E-state index contributed by atoms with van der Waals surface area (Å²) in [6.07, 6.45) is 0. The van der Waals surface area contributed by atoms with E-state index in [1.165, 1.54) is 7.11 Å². The fraction of sp³-hybridized carbons (Fsp3) is 0.0952. The van der Waals surface area contributed by atoms with Crippen LogP contribution in [0.15, 0.2) is 72.8 Å². The molecule has 0 saturated heterocycles. The number of para-hydroxylation sites is 1. The zero-order valence-corrected chi connectivity index (χ0v) is 14.6. The van der Waals surface area contributed by atoms with Gasteiger partial charge in [-0.3, -0.25) is 4.79 Å². The summed E-state index contributed by atoms with van der Waals surface area (Å²) in [7, 11) is 3.08. The molecular formula is C21H19NO4. The first-order chi connectivity index (χ1) is 12.7. The number of rotatable bonds is 6. The number of carbonyl (C=O) groups excluding carboxylic acids is 1. The van der Waals surface area contributed by atoms with Gasteiger partial charge in [0.1, 0.15) is 23.0 Å². The average Bonchev–Trinajstić information content (AvgIpc) is 2.68. The fourth-order valence-electron chi connectivity index (χ4n) is 2.45. The maximum atomic E-state index is 12.6. The molecule has 0 atom stereocenters. The Hall–Kier alpha value is -3.47. The van der Waals surface area contributed by atoms with E-state index in [-0.39, 0.29) is 5.91 Å². The van der Waals surface area contributed by atoms with Crippen LogP contribution in [0, 0.1) is 0 Å². The van der Waals surface area contributed by atoms with Crippen LogP contribution in [0.2, 0.25) is 0 Å². The Labute approximate surface area is 152 Å². The summed E-state index contributed by atoms with van der Waals surface area (Å²) in [6, 6.07) is 21.7. The molecule has 0 aromatic heterocycles. The van der Waals surface area contributed by atoms with Gasteiger partial charge >= 0.3 is 0 Å². The molecular weight excluding hydrogens is 330 g/mol. The summed E-state index contributed by atoms with van der Waals surface area (Å²) in [5.74, 6) is 2.15. The van der Waals surface area contributed by atoms with Crippen molar-refractivity contribution >= 4 is 11.6 Å². The van der Waals surface area contributed by atoms with E-state index < -0.39 is 0 Å². The van der Waals surface area contributed by atoms with Crippen LogP contribution in [0.5, 0.6) is 23.0 Å². The van der Waals surface area contributed by atoms with E-state index in [1.807, 2.05) is 42.5 Å². The standard InChI is InChI=1S/C21H19NO4/c1-24-17-11-12-19(20(14-17)25-2)21(23)22-15-7-6-10-18(13-15)26-16-8-4-3-5-9-16/h3-14H,1-2H3,(H,22,23). The Balaban J connectivity index is 1.77. The van der Waals surface area contributed by atoms with E-state index in [2.05, 4.69) is 5.32 Å². The molecule has 0 aliphatic heterocycles. The molecule has 3 aromatic rings. The number of hydrogen-bond donors (Lipinski definition) is 1. The molecule has 0 bridgehead atoms. The topological polar surface area (TPSA) is 56.8 Å². The number of carbonyl (C=O) groups is 1. The Morgan fingerprint density at radius 3 is 2.27 bits per heavy atom. The summed E-state index contributed by atoms with van der Waals surface area (Å²) in [5.41, 5.74) is 1.05. The van der Waals surface area contributed by atoms with Crippen molar-refractivity contribution < 1.29 is 19.0 Å². The maximum Gasteiger partial charge on any atom is 0.259 e. The third-order valence-corrected chi connectivity index (χ3v) is 3.72. The van der Waals surface area contributed by atoms with Gasteiger partial charge in [-0.25, -0.2) is 0 Å². The summed E-state index contributed by atoms with van der Waals surface area (Å²) < 4.78 is 16.2. The lowest BCUT2D eigenvalue weighted by molar-refractivity contribution is 0.102. The lowest BCUT2D eigenvalue weighted by Gasteiger charge is -2.12. The molecule has 5 heteroatoms. The summed E-state index contributed by atoms with van der Waals surface area (Å²) in [6.45, 7) is 0. The lowest BCUT2D eigenvalue weighted by Crippen LogP contribution is -2.13. The van der Waals surface area contributed by atoms with Crippen molar-refractivity contribution in [3.05, 3.63) is 78.4 Å². The molecule has 0 aliphatic rings. The zero-order chi connectivity index (χ0) is 18.4. The molecule has 0 unspecified atom stereocenters. The second kappa shape index (κ2) is 8.07. The number of nitrogens with one attached hydrogen (secondary N) is 1. The van der Waals surface area contributed by atoms with Crippen LogP contribution in [-0.2, 0) is 0 Å². The molecule has 0 aliphatic carbocycles. The number of amides is 1. The van der Waals surface area contributed by atoms with E-state index >= 15 is 0 Å². The van der Waals surface area contributed by atoms with Gasteiger partial charge in [-0.05, 0) is 36.4 Å². The quantitative estimate of drug-likeness (QED) is 0.698. The number of ether oxygens (including phenoxy) is 3. The second-order valence-electron chi connectivity index (χ2n) is 5.46. The predicted molar refractivity (Wildman–Crippen MR) is 100 cm³/mol.